The lowest BCUT2D eigenvalue weighted by atomic mass is 9.80. The van der Waals surface area contributed by atoms with Crippen LogP contribution in [0.25, 0.3) is 10.9 Å². The van der Waals surface area contributed by atoms with Crippen molar-refractivity contribution in [3.63, 3.8) is 0 Å². The van der Waals surface area contributed by atoms with Crippen LogP contribution in [-0.4, -0.2) is 27.1 Å². The Hall–Kier alpha value is -2.10. The van der Waals surface area contributed by atoms with Crippen LogP contribution in [-0.2, 0) is 13.0 Å². The summed E-state index contributed by atoms with van der Waals surface area (Å²) < 4.78 is 0. The van der Waals surface area contributed by atoms with Crippen molar-refractivity contribution in [2.45, 2.75) is 50.9 Å². The van der Waals surface area contributed by atoms with E-state index in [1.807, 2.05) is 0 Å². The van der Waals surface area contributed by atoms with Gasteiger partial charge in [-0.15, -0.1) is 0 Å². The average molecular weight is 332 g/mol. The van der Waals surface area contributed by atoms with Gasteiger partial charge in [-0.3, -0.25) is 4.90 Å². The Morgan fingerprint density at radius 1 is 1.12 bits per heavy atom. The number of aliphatic hydroxyl groups is 1. The fourth-order valence-electron chi connectivity index (χ4n) is 4.83. The quantitative estimate of drug-likeness (QED) is 0.742. The Balaban J connectivity index is 1.60. The first-order valence-electron chi connectivity index (χ1n) is 9.29. The van der Waals surface area contributed by atoms with Gasteiger partial charge in [0.2, 0.25) is 0 Å². The molecule has 1 fully saturated rings. The van der Waals surface area contributed by atoms with Crippen molar-refractivity contribution in [3.8, 4) is 0 Å². The Morgan fingerprint density at radius 2 is 1.96 bits per heavy atom. The zero-order valence-corrected chi connectivity index (χ0v) is 14.6. The van der Waals surface area contributed by atoms with Gasteiger partial charge in [-0.05, 0) is 48.9 Å². The molecule has 3 heterocycles. The number of fused-ring (bicyclic) bond motifs is 6. The molecule has 0 saturated carbocycles. The summed E-state index contributed by atoms with van der Waals surface area (Å²) >= 11 is 0. The fourth-order valence-corrected chi connectivity index (χ4v) is 4.83. The number of aryl methyl sites for hydroxylation is 1. The van der Waals surface area contributed by atoms with Crippen molar-refractivity contribution >= 4 is 10.9 Å². The predicted molar refractivity (Wildman–Crippen MR) is 100 cm³/mol. The Kier molecular flexibility index (Phi) is 3.47. The molecule has 3 aromatic rings. The van der Waals surface area contributed by atoms with Crippen molar-refractivity contribution < 1.29 is 5.11 Å². The molecule has 2 aromatic carbocycles. The number of hydrogen-bond donors (Lipinski definition) is 2. The molecule has 2 bridgehead atoms. The molecule has 2 N–H and O–H groups in total. The highest BCUT2D eigenvalue weighted by Gasteiger charge is 2.43. The monoisotopic (exact) mass is 332 g/mol. The summed E-state index contributed by atoms with van der Waals surface area (Å²) in [5.74, 6) is 0. The number of aliphatic hydroxyl groups excluding tert-OH is 1. The SMILES string of the molecule is Cc1ccc2c3c([nH]c2c1)[C@H]1CC[C@@H](O)[C@@H](C3)N1Cc1ccccc1. The second-order valence-electron chi connectivity index (χ2n) is 7.66. The van der Waals surface area contributed by atoms with E-state index in [1.165, 1.54) is 33.3 Å². The van der Waals surface area contributed by atoms with Gasteiger partial charge in [-0.1, -0.05) is 42.5 Å². The fraction of sp³-hybridized carbons (Fsp3) is 0.364. The number of hydrogen-bond acceptors (Lipinski definition) is 2. The van der Waals surface area contributed by atoms with Gasteiger partial charge in [0, 0.05) is 29.2 Å². The molecule has 3 nitrogen and oxygen atoms in total. The first-order chi connectivity index (χ1) is 12.2. The first-order valence-corrected chi connectivity index (χ1v) is 9.29. The van der Waals surface area contributed by atoms with Crippen LogP contribution in [0.5, 0.6) is 0 Å². The topological polar surface area (TPSA) is 39.3 Å². The van der Waals surface area contributed by atoms with Crippen molar-refractivity contribution in [3.05, 3.63) is 70.9 Å². The van der Waals surface area contributed by atoms with Crippen molar-refractivity contribution in [1.82, 2.24) is 9.88 Å². The molecule has 0 amide bonds. The van der Waals surface area contributed by atoms with E-state index >= 15 is 0 Å². The third-order valence-electron chi connectivity index (χ3n) is 6.06. The van der Waals surface area contributed by atoms with Crippen LogP contribution in [0.4, 0.5) is 0 Å². The lowest BCUT2D eigenvalue weighted by molar-refractivity contribution is -0.0368. The molecular weight excluding hydrogens is 308 g/mol. The Bertz CT molecular complexity index is 914. The summed E-state index contributed by atoms with van der Waals surface area (Å²) in [4.78, 5) is 6.24. The molecule has 2 aliphatic heterocycles. The predicted octanol–water partition coefficient (Wildman–Crippen LogP) is 4.10. The van der Waals surface area contributed by atoms with E-state index in [-0.39, 0.29) is 12.1 Å². The van der Waals surface area contributed by atoms with E-state index in [0.29, 0.717) is 6.04 Å². The minimum absolute atomic E-state index is 0.215. The highest BCUT2D eigenvalue weighted by Crippen LogP contribution is 2.44. The number of H-pyrrole nitrogens is 1. The summed E-state index contributed by atoms with van der Waals surface area (Å²) in [6, 6.07) is 17.9. The van der Waals surface area contributed by atoms with E-state index < -0.39 is 0 Å². The van der Waals surface area contributed by atoms with Gasteiger partial charge in [-0.25, -0.2) is 0 Å². The van der Waals surface area contributed by atoms with Gasteiger partial charge in [0.15, 0.2) is 0 Å². The lowest BCUT2D eigenvalue weighted by Crippen LogP contribution is -2.53. The highest BCUT2D eigenvalue weighted by atomic mass is 16.3. The molecule has 3 heteroatoms. The molecule has 2 aliphatic rings. The van der Waals surface area contributed by atoms with E-state index in [1.54, 1.807) is 0 Å². The second kappa shape index (κ2) is 5.72. The summed E-state index contributed by atoms with van der Waals surface area (Å²) in [5.41, 5.74) is 6.65. The minimum atomic E-state index is -0.233. The van der Waals surface area contributed by atoms with Gasteiger partial charge >= 0.3 is 0 Å². The lowest BCUT2D eigenvalue weighted by Gasteiger charge is -2.48. The number of nitrogens with one attached hydrogen (secondary N) is 1. The number of piperidine rings is 1. The Morgan fingerprint density at radius 3 is 2.80 bits per heavy atom. The normalized spacial score (nSPS) is 25.9. The maximum atomic E-state index is 10.7. The molecule has 5 rings (SSSR count). The number of aromatic amines is 1. The van der Waals surface area contributed by atoms with Gasteiger partial charge in [0.25, 0.3) is 0 Å². The zero-order valence-electron chi connectivity index (χ0n) is 14.6. The minimum Gasteiger partial charge on any atom is -0.391 e. The van der Waals surface area contributed by atoms with Crippen LogP contribution in [0.3, 0.4) is 0 Å². The molecule has 128 valence electrons. The van der Waals surface area contributed by atoms with Gasteiger partial charge in [-0.2, -0.15) is 0 Å². The molecule has 1 aromatic heterocycles. The highest BCUT2D eigenvalue weighted by molar-refractivity contribution is 5.86. The van der Waals surface area contributed by atoms with Crippen LogP contribution in [0.1, 0.15) is 41.3 Å². The van der Waals surface area contributed by atoms with Crippen molar-refractivity contribution in [2.24, 2.45) is 0 Å². The third kappa shape index (κ3) is 2.42. The van der Waals surface area contributed by atoms with Crippen molar-refractivity contribution in [2.75, 3.05) is 0 Å². The number of nitrogens with zero attached hydrogens (tertiary/aromatic N) is 1. The molecule has 25 heavy (non-hydrogen) atoms. The van der Waals surface area contributed by atoms with Crippen LogP contribution in [0.2, 0.25) is 0 Å². The molecule has 0 radical (unpaired) electrons. The maximum absolute atomic E-state index is 10.7. The van der Waals surface area contributed by atoms with Gasteiger partial charge in [0.05, 0.1) is 12.1 Å². The largest absolute Gasteiger partial charge is 0.391 e. The van der Waals surface area contributed by atoms with Crippen LogP contribution >= 0.6 is 0 Å². The van der Waals surface area contributed by atoms with E-state index in [2.05, 4.69) is 65.3 Å². The number of rotatable bonds is 2. The smallest absolute Gasteiger partial charge is 0.0699 e. The van der Waals surface area contributed by atoms with Gasteiger partial charge < -0.3 is 10.1 Å². The maximum Gasteiger partial charge on any atom is 0.0699 e. The van der Waals surface area contributed by atoms with Crippen LogP contribution in [0, 0.1) is 6.92 Å². The number of aromatic nitrogens is 1. The molecule has 3 atom stereocenters. The molecule has 0 unspecified atom stereocenters. The third-order valence-corrected chi connectivity index (χ3v) is 6.06. The van der Waals surface area contributed by atoms with Crippen molar-refractivity contribution in [1.29, 1.82) is 0 Å². The van der Waals surface area contributed by atoms with E-state index in [4.69, 9.17) is 0 Å². The van der Waals surface area contributed by atoms with E-state index in [0.717, 1.165) is 25.8 Å². The average Bonchev–Trinajstić information content (AvgIpc) is 2.96. The van der Waals surface area contributed by atoms with E-state index in [9.17, 15) is 5.11 Å². The molecule has 0 aliphatic carbocycles. The standard InChI is InChI=1S/C22H24N2O/c1-14-7-8-16-17-12-20-21(25)10-9-19(22(17)23-18(16)11-14)24(20)13-15-5-3-2-4-6-15/h2-8,11,19-21,23,25H,9-10,12-13H2,1H3/t19-,20-,21-/m1/s1. The second-order valence-corrected chi connectivity index (χ2v) is 7.66. The summed E-state index contributed by atoms with van der Waals surface area (Å²) in [7, 11) is 0. The summed E-state index contributed by atoms with van der Waals surface area (Å²) in [5, 5.41) is 12.0. The number of benzene rings is 2. The Labute approximate surface area is 148 Å². The first kappa shape index (κ1) is 15.2. The molecule has 1 saturated heterocycles. The molecule has 0 spiro atoms. The molecular formula is C22H24N2O. The zero-order chi connectivity index (χ0) is 17.0. The van der Waals surface area contributed by atoms with Crippen LogP contribution < -0.4 is 0 Å². The summed E-state index contributed by atoms with van der Waals surface area (Å²) in [6.45, 7) is 3.05. The summed E-state index contributed by atoms with van der Waals surface area (Å²) in [6.07, 6.45) is 2.62. The van der Waals surface area contributed by atoms with Crippen LogP contribution in [0.15, 0.2) is 48.5 Å². The van der Waals surface area contributed by atoms with Gasteiger partial charge in [0.1, 0.15) is 0 Å².